The first-order chi connectivity index (χ1) is 7.50. The maximum atomic E-state index is 4.62. The molecular formula is C14H22N2. The summed E-state index contributed by atoms with van der Waals surface area (Å²) < 4.78 is 0. The second-order valence-corrected chi connectivity index (χ2v) is 5.79. The standard InChI is InChI=1S/C14H22N2/c1-5-6-16-9-11-7-12(14(2,3)4)8-15-13(11)10-16/h7-8H,5-6,9-10H2,1-4H3. The van der Waals surface area contributed by atoms with Gasteiger partial charge in [0.25, 0.3) is 0 Å². The van der Waals surface area contributed by atoms with Crippen molar-refractivity contribution in [1.29, 1.82) is 0 Å². The van der Waals surface area contributed by atoms with E-state index < -0.39 is 0 Å². The van der Waals surface area contributed by atoms with E-state index in [1.807, 2.05) is 6.20 Å². The van der Waals surface area contributed by atoms with Crippen molar-refractivity contribution in [3.8, 4) is 0 Å². The van der Waals surface area contributed by atoms with Gasteiger partial charge >= 0.3 is 0 Å². The maximum absolute atomic E-state index is 4.62. The van der Waals surface area contributed by atoms with Crippen molar-refractivity contribution in [3.05, 3.63) is 29.1 Å². The minimum Gasteiger partial charge on any atom is -0.293 e. The number of aromatic nitrogens is 1. The molecule has 0 saturated carbocycles. The Balaban J connectivity index is 2.21. The van der Waals surface area contributed by atoms with Gasteiger partial charge in [-0.15, -0.1) is 0 Å². The van der Waals surface area contributed by atoms with Crippen molar-refractivity contribution < 1.29 is 0 Å². The van der Waals surface area contributed by atoms with Crippen LogP contribution in [0.4, 0.5) is 0 Å². The van der Waals surface area contributed by atoms with E-state index in [1.165, 1.54) is 29.8 Å². The van der Waals surface area contributed by atoms with Crippen molar-refractivity contribution in [2.45, 2.75) is 52.6 Å². The summed E-state index contributed by atoms with van der Waals surface area (Å²) in [5, 5.41) is 0. The molecule has 0 amide bonds. The summed E-state index contributed by atoms with van der Waals surface area (Å²) in [6.45, 7) is 12.3. The van der Waals surface area contributed by atoms with Crippen LogP contribution in [0.2, 0.25) is 0 Å². The van der Waals surface area contributed by atoms with Crippen LogP contribution < -0.4 is 0 Å². The van der Waals surface area contributed by atoms with Crippen LogP contribution in [0.15, 0.2) is 12.3 Å². The second kappa shape index (κ2) is 4.17. The van der Waals surface area contributed by atoms with Gasteiger partial charge in [-0.25, -0.2) is 0 Å². The lowest BCUT2D eigenvalue weighted by Crippen LogP contribution is -2.16. The Labute approximate surface area is 98.7 Å². The van der Waals surface area contributed by atoms with Crippen molar-refractivity contribution in [2.24, 2.45) is 0 Å². The summed E-state index contributed by atoms with van der Waals surface area (Å²) in [6, 6.07) is 2.35. The highest BCUT2D eigenvalue weighted by Gasteiger charge is 2.22. The van der Waals surface area contributed by atoms with Gasteiger partial charge in [0, 0.05) is 19.3 Å². The number of rotatable bonds is 2. The van der Waals surface area contributed by atoms with E-state index in [0.29, 0.717) is 0 Å². The Kier molecular flexibility index (Phi) is 3.02. The Morgan fingerprint density at radius 3 is 2.69 bits per heavy atom. The molecule has 0 saturated heterocycles. The number of pyridine rings is 1. The lowest BCUT2D eigenvalue weighted by molar-refractivity contribution is 0.283. The topological polar surface area (TPSA) is 16.1 Å². The quantitative estimate of drug-likeness (QED) is 0.758. The molecule has 0 aromatic carbocycles. The number of nitrogens with zero attached hydrogens (tertiary/aromatic N) is 2. The predicted molar refractivity (Wildman–Crippen MR) is 67.3 cm³/mol. The summed E-state index contributed by atoms with van der Waals surface area (Å²) in [6.07, 6.45) is 3.27. The molecule has 1 aliphatic rings. The average Bonchev–Trinajstić information content (AvgIpc) is 2.57. The summed E-state index contributed by atoms with van der Waals surface area (Å²) in [5.41, 5.74) is 4.27. The Bertz CT molecular complexity index is 377. The van der Waals surface area contributed by atoms with Gasteiger partial charge in [-0.05, 0) is 29.5 Å². The van der Waals surface area contributed by atoms with Gasteiger partial charge in [0.05, 0.1) is 5.69 Å². The normalized spacial score (nSPS) is 16.5. The summed E-state index contributed by atoms with van der Waals surface area (Å²) in [4.78, 5) is 7.09. The molecule has 0 bridgehead atoms. The molecule has 0 spiro atoms. The zero-order valence-electron chi connectivity index (χ0n) is 10.9. The van der Waals surface area contributed by atoms with Gasteiger partial charge in [0.2, 0.25) is 0 Å². The molecule has 0 fully saturated rings. The molecule has 0 N–H and O–H groups in total. The fourth-order valence-corrected chi connectivity index (χ4v) is 2.21. The van der Waals surface area contributed by atoms with Gasteiger partial charge in [-0.1, -0.05) is 33.8 Å². The second-order valence-electron chi connectivity index (χ2n) is 5.79. The zero-order valence-corrected chi connectivity index (χ0v) is 10.9. The molecule has 2 heterocycles. The molecular weight excluding hydrogens is 196 g/mol. The van der Waals surface area contributed by atoms with E-state index in [-0.39, 0.29) is 5.41 Å². The van der Waals surface area contributed by atoms with Crippen LogP contribution in [0.5, 0.6) is 0 Å². The first-order valence-electron chi connectivity index (χ1n) is 6.21. The van der Waals surface area contributed by atoms with Gasteiger partial charge in [-0.2, -0.15) is 0 Å². The zero-order chi connectivity index (χ0) is 11.8. The molecule has 2 nitrogen and oxygen atoms in total. The van der Waals surface area contributed by atoms with Crippen LogP contribution in [0, 0.1) is 0 Å². The molecule has 0 unspecified atom stereocenters. The third-order valence-corrected chi connectivity index (χ3v) is 3.23. The third kappa shape index (κ3) is 2.27. The summed E-state index contributed by atoms with van der Waals surface area (Å²) in [5.74, 6) is 0. The smallest absolute Gasteiger partial charge is 0.0589 e. The van der Waals surface area contributed by atoms with Crippen molar-refractivity contribution in [1.82, 2.24) is 9.88 Å². The van der Waals surface area contributed by atoms with Crippen LogP contribution in [0.3, 0.4) is 0 Å². The first kappa shape index (κ1) is 11.6. The van der Waals surface area contributed by atoms with Crippen molar-refractivity contribution >= 4 is 0 Å². The molecule has 1 aliphatic heterocycles. The van der Waals surface area contributed by atoms with Crippen LogP contribution >= 0.6 is 0 Å². The summed E-state index contributed by atoms with van der Waals surface area (Å²) >= 11 is 0. The van der Waals surface area contributed by atoms with E-state index in [9.17, 15) is 0 Å². The molecule has 2 rings (SSSR count). The Morgan fingerprint density at radius 1 is 1.31 bits per heavy atom. The number of hydrogen-bond donors (Lipinski definition) is 0. The van der Waals surface area contributed by atoms with Crippen LogP contribution in [-0.4, -0.2) is 16.4 Å². The van der Waals surface area contributed by atoms with Crippen LogP contribution in [-0.2, 0) is 18.5 Å². The molecule has 1 aromatic heterocycles. The van der Waals surface area contributed by atoms with E-state index >= 15 is 0 Å². The fourth-order valence-electron chi connectivity index (χ4n) is 2.21. The highest BCUT2D eigenvalue weighted by atomic mass is 15.1. The highest BCUT2D eigenvalue weighted by molar-refractivity contribution is 5.31. The lowest BCUT2D eigenvalue weighted by Gasteiger charge is -2.19. The molecule has 0 aliphatic carbocycles. The number of hydrogen-bond acceptors (Lipinski definition) is 2. The van der Waals surface area contributed by atoms with E-state index in [0.717, 1.165) is 13.1 Å². The minimum atomic E-state index is 0.209. The minimum absolute atomic E-state index is 0.209. The van der Waals surface area contributed by atoms with E-state index in [1.54, 1.807) is 0 Å². The monoisotopic (exact) mass is 218 g/mol. The Hall–Kier alpha value is -0.890. The maximum Gasteiger partial charge on any atom is 0.0589 e. The average molecular weight is 218 g/mol. The SMILES string of the molecule is CCCN1Cc2cc(C(C)(C)C)cnc2C1. The van der Waals surface area contributed by atoms with Gasteiger partial charge in [0.15, 0.2) is 0 Å². The van der Waals surface area contributed by atoms with Crippen molar-refractivity contribution in [3.63, 3.8) is 0 Å². The van der Waals surface area contributed by atoms with Gasteiger partial charge in [0.1, 0.15) is 0 Å². The molecule has 16 heavy (non-hydrogen) atoms. The summed E-state index contributed by atoms with van der Waals surface area (Å²) in [7, 11) is 0. The predicted octanol–water partition coefficient (Wildman–Crippen LogP) is 3.10. The first-order valence-corrected chi connectivity index (χ1v) is 6.21. The van der Waals surface area contributed by atoms with Crippen molar-refractivity contribution in [2.75, 3.05) is 6.54 Å². The molecule has 0 radical (unpaired) electrons. The molecule has 0 atom stereocenters. The largest absolute Gasteiger partial charge is 0.293 e. The van der Waals surface area contributed by atoms with Gasteiger partial charge < -0.3 is 0 Å². The van der Waals surface area contributed by atoms with Gasteiger partial charge in [-0.3, -0.25) is 9.88 Å². The third-order valence-electron chi connectivity index (χ3n) is 3.23. The van der Waals surface area contributed by atoms with Crippen LogP contribution in [0.25, 0.3) is 0 Å². The molecule has 1 aromatic rings. The highest BCUT2D eigenvalue weighted by Crippen LogP contribution is 2.27. The van der Waals surface area contributed by atoms with E-state index in [4.69, 9.17) is 0 Å². The fraction of sp³-hybridized carbons (Fsp3) is 0.643. The lowest BCUT2D eigenvalue weighted by atomic mass is 9.87. The number of fused-ring (bicyclic) bond motifs is 1. The molecule has 88 valence electrons. The van der Waals surface area contributed by atoms with E-state index in [2.05, 4.69) is 43.6 Å². The van der Waals surface area contributed by atoms with Crippen LogP contribution in [0.1, 0.15) is 50.9 Å². The molecule has 2 heteroatoms. The Morgan fingerprint density at radius 2 is 2.06 bits per heavy atom.